The predicted molar refractivity (Wildman–Crippen MR) is 93.4 cm³/mol. The molecule has 0 N–H and O–H groups in total. The molecule has 0 spiro atoms. The number of aryl methyl sites for hydroxylation is 1. The van der Waals surface area contributed by atoms with Gasteiger partial charge in [0.1, 0.15) is 17.0 Å². The third kappa shape index (κ3) is 3.12. The topological polar surface area (TPSA) is 51.0 Å². The van der Waals surface area contributed by atoms with Crippen molar-refractivity contribution in [1.82, 2.24) is 19.4 Å². The lowest BCUT2D eigenvalue weighted by Gasteiger charge is -2.16. The van der Waals surface area contributed by atoms with Gasteiger partial charge in [-0.05, 0) is 25.0 Å². The second kappa shape index (κ2) is 6.63. The van der Waals surface area contributed by atoms with Crippen molar-refractivity contribution in [1.29, 1.82) is 0 Å². The summed E-state index contributed by atoms with van der Waals surface area (Å²) in [6, 6.07) is 8.67. The van der Waals surface area contributed by atoms with Crippen molar-refractivity contribution in [3.63, 3.8) is 0 Å². The SMILES string of the molecule is O=C1CCCN1CCCn1ccnc1-c1ccc2cccc(F)c2n1. The van der Waals surface area contributed by atoms with Crippen molar-refractivity contribution in [3.8, 4) is 11.5 Å². The number of hydrogen-bond acceptors (Lipinski definition) is 3. The first-order valence-corrected chi connectivity index (χ1v) is 8.57. The highest BCUT2D eigenvalue weighted by Crippen LogP contribution is 2.22. The Kier molecular flexibility index (Phi) is 4.17. The average molecular weight is 338 g/mol. The maximum atomic E-state index is 14.0. The summed E-state index contributed by atoms with van der Waals surface area (Å²) in [5, 5.41) is 0.773. The highest BCUT2D eigenvalue weighted by Gasteiger charge is 2.19. The number of imidazole rings is 1. The Balaban J connectivity index is 1.53. The van der Waals surface area contributed by atoms with Crippen LogP contribution in [0, 0.1) is 5.82 Å². The number of rotatable bonds is 5. The molecule has 2 aromatic heterocycles. The molecule has 1 aliphatic heterocycles. The van der Waals surface area contributed by atoms with E-state index in [0.29, 0.717) is 17.6 Å². The molecule has 0 atom stereocenters. The number of aromatic nitrogens is 3. The maximum Gasteiger partial charge on any atom is 0.222 e. The van der Waals surface area contributed by atoms with Gasteiger partial charge in [-0.2, -0.15) is 0 Å². The van der Waals surface area contributed by atoms with Gasteiger partial charge in [0.15, 0.2) is 5.82 Å². The normalized spacial score (nSPS) is 14.6. The van der Waals surface area contributed by atoms with Crippen LogP contribution >= 0.6 is 0 Å². The molecule has 0 bridgehead atoms. The summed E-state index contributed by atoms with van der Waals surface area (Å²) in [6.07, 6.45) is 6.11. The first-order valence-electron chi connectivity index (χ1n) is 8.57. The zero-order valence-electron chi connectivity index (χ0n) is 13.9. The zero-order chi connectivity index (χ0) is 17.2. The van der Waals surface area contributed by atoms with Gasteiger partial charge in [-0.1, -0.05) is 18.2 Å². The van der Waals surface area contributed by atoms with E-state index in [9.17, 15) is 9.18 Å². The number of benzene rings is 1. The molecule has 5 nitrogen and oxygen atoms in total. The molecular formula is C19H19FN4O. The monoisotopic (exact) mass is 338 g/mol. The number of carbonyl (C=O) groups is 1. The third-order valence-corrected chi connectivity index (χ3v) is 4.61. The van der Waals surface area contributed by atoms with Crippen LogP contribution in [0.2, 0.25) is 0 Å². The van der Waals surface area contributed by atoms with E-state index in [0.717, 1.165) is 43.7 Å². The summed E-state index contributed by atoms with van der Waals surface area (Å²) in [4.78, 5) is 22.4. The molecule has 0 saturated carbocycles. The number of nitrogens with zero attached hydrogens (tertiary/aromatic N) is 4. The number of halogens is 1. The van der Waals surface area contributed by atoms with Crippen LogP contribution in [0.4, 0.5) is 4.39 Å². The molecule has 0 radical (unpaired) electrons. The molecule has 0 unspecified atom stereocenters. The van der Waals surface area contributed by atoms with Crippen LogP contribution in [0.1, 0.15) is 19.3 Å². The van der Waals surface area contributed by atoms with Gasteiger partial charge in [-0.15, -0.1) is 0 Å². The first kappa shape index (κ1) is 15.7. The van der Waals surface area contributed by atoms with Crippen LogP contribution < -0.4 is 0 Å². The van der Waals surface area contributed by atoms with Gasteiger partial charge in [-0.25, -0.2) is 14.4 Å². The quantitative estimate of drug-likeness (QED) is 0.717. The Bertz CT molecular complexity index is 921. The number of pyridine rings is 1. The minimum absolute atomic E-state index is 0.248. The van der Waals surface area contributed by atoms with Crippen molar-refractivity contribution in [2.75, 3.05) is 13.1 Å². The number of carbonyl (C=O) groups excluding carboxylic acids is 1. The van der Waals surface area contributed by atoms with Crippen molar-refractivity contribution < 1.29 is 9.18 Å². The molecule has 1 fully saturated rings. The molecular weight excluding hydrogens is 319 g/mol. The molecule has 1 saturated heterocycles. The van der Waals surface area contributed by atoms with Gasteiger partial charge in [0.05, 0.1) is 0 Å². The maximum absolute atomic E-state index is 14.0. The summed E-state index contributed by atoms with van der Waals surface area (Å²) in [7, 11) is 0. The molecule has 1 aliphatic rings. The van der Waals surface area contributed by atoms with E-state index in [4.69, 9.17) is 0 Å². The summed E-state index contributed by atoms with van der Waals surface area (Å²) < 4.78 is 16.0. The van der Waals surface area contributed by atoms with Crippen molar-refractivity contribution >= 4 is 16.8 Å². The Morgan fingerprint density at radius 2 is 2.08 bits per heavy atom. The molecule has 4 rings (SSSR count). The molecule has 25 heavy (non-hydrogen) atoms. The van der Waals surface area contributed by atoms with Gasteiger partial charge in [0.25, 0.3) is 0 Å². The Morgan fingerprint density at radius 3 is 2.92 bits per heavy atom. The lowest BCUT2D eigenvalue weighted by Crippen LogP contribution is -2.26. The van der Waals surface area contributed by atoms with Gasteiger partial charge in [0, 0.05) is 43.8 Å². The van der Waals surface area contributed by atoms with E-state index >= 15 is 0 Å². The number of amides is 1. The summed E-state index contributed by atoms with van der Waals surface area (Å²) >= 11 is 0. The first-order chi connectivity index (χ1) is 12.2. The molecule has 3 heterocycles. The largest absolute Gasteiger partial charge is 0.343 e. The average Bonchev–Trinajstić information content (AvgIpc) is 3.25. The van der Waals surface area contributed by atoms with Gasteiger partial charge in [-0.3, -0.25) is 4.79 Å². The standard InChI is InChI=1S/C19H19FN4O/c20-15-5-1-4-14-7-8-16(22-18(14)15)19-21-9-13-24(19)12-3-11-23-10-2-6-17(23)25/h1,4-5,7-9,13H,2-3,6,10-12H2. The predicted octanol–water partition coefficient (Wildman–Crippen LogP) is 3.25. The fourth-order valence-corrected chi connectivity index (χ4v) is 3.33. The molecule has 6 heteroatoms. The lowest BCUT2D eigenvalue weighted by molar-refractivity contribution is -0.127. The van der Waals surface area contributed by atoms with Crippen LogP contribution in [-0.4, -0.2) is 38.4 Å². The number of likely N-dealkylation sites (tertiary alicyclic amines) is 1. The Morgan fingerprint density at radius 1 is 1.16 bits per heavy atom. The van der Waals surface area contributed by atoms with Crippen LogP contribution in [0.5, 0.6) is 0 Å². The minimum atomic E-state index is -0.329. The van der Waals surface area contributed by atoms with Crippen molar-refractivity contribution in [2.24, 2.45) is 0 Å². The van der Waals surface area contributed by atoms with E-state index in [-0.39, 0.29) is 11.7 Å². The summed E-state index contributed by atoms with van der Waals surface area (Å²) in [5.41, 5.74) is 1.01. The highest BCUT2D eigenvalue weighted by molar-refractivity contribution is 5.81. The summed E-state index contributed by atoms with van der Waals surface area (Å²) in [6.45, 7) is 2.37. The smallest absolute Gasteiger partial charge is 0.222 e. The van der Waals surface area contributed by atoms with Crippen LogP contribution in [0.3, 0.4) is 0 Å². The molecule has 1 aromatic carbocycles. The van der Waals surface area contributed by atoms with E-state index in [1.807, 2.05) is 33.9 Å². The number of para-hydroxylation sites is 1. The van der Waals surface area contributed by atoms with Crippen LogP contribution in [0.15, 0.2) is 42.7 Å². The Hall–Kier alpha value is -2.76. The van der Waals surface area contributed by atoms with Crippen molar-refractivity contribution in [3.05, 3.63) is 48.5 Å². The molecule has 3 aromatic rings. The van der Waals surface area contributed by atoms with Gasteiger partial charge < -0.3 is 9.47 Å². The van der Waals surface area contributed by atoms with E-state index < -0.39 is 0 Å². The fraction of sp³-hybridized carbons (Fsp3) is 0.316. The van der Waals surface area contributed by atoms with E-state index in [2.05, 4.69) is 9.97 Å². The van der Waals surface area contributed by atoms with E-state index in [1.165, 1.54) is 6.07 Å². The minimum Gasteiger partial charge on any atom is -0.343 e. The molecule has 128 valence electrons. The van der Waals surface area contributed by atoms with Crippen molar-refractivity contribution in [2.45, 2.75) is 25.8 Å². The summed E-state index contributed by atoms with van der Waals surface area (Å²) in [5.74, 6) is 0.639. The molecule has 0 aliphatic carbocycles. The molecule has 1 amide bonds. The second-order valence-corrected chi connectivity index (χ2v) is 6.29. The lowest BCUT2D eigenvalue weighted by atomic mass is 10.2. The third-order valence-electron chi connectivity index (χ3n) is 4.61. The van der Waals surface area contributed by atoms with Crippen LogP contribution in [0.25, 0.3) is 22.4 Å². The van der Waals surface area contributed by atoms with E-state index in [1.54, 1.807) is 12.3 Å². The highest BCUT2D eigenvalue weighted by atomic mass is 19.1. The van der Waals surface area contributed by atoms with Gasteiger partial charge >= 0.3 is 0 Å². The van der Waals surface area contributed by atoms with Gasteiger partial charge in [0.2, 0.25) is 5.91 Å². The van der Waals surface area contributed by atoms with Crippen LogP contribution in [-0.2, 0) is 11.3 Å². The second-order valence-electron chi connectivity index (χ2n) is 6.29. The number of hydrogen-bond donors (Lipinski definition) is 0. The number of fused-ring (bicyclic) bond motifs is 1. The fourth-order valence-electron chi connectivity index (χ4n) is 3.33. The zero-order valence-corrected chi connectivity index (χ0v) is 13.9. The Labute approximate surface area is 145 Å².